The van der Waals surface area contributed by atoms with E-state index in [1.54, 1.807) is 12.3 Å². The highest BCUT2D eigenvalue weighted by Crippen LogP contribution is 2.27. The van der Waals surface area contributed by atoms with Crippen LogP contribution in [-0.2, 0) is 6.54 Å². The Morgan fingerprint density at radius 1 is 1.17 bits per heavy atom. The molecule has 0 fully saturated rings. The zero-order chi connectivity index (χ0) is 17.3. The monoisotopic (exact) mass is 325 g/mol. The van der Waals surface area contributed by atoms with Crippen LogP contribution in [0.5, 0.6) is 0 Å². The minimum Gasteiger partial charge on any atom is -0.468 e. The van der Waals surface area contributed by atoms with Crippen LogP contribution in [0, 0.1) is 6.92 Å². The van der Waals surface area contributed by atoms with Gasteiger partial charge in [0.15, 0.2) is 0 Å². The molecular weight excluding hydrogens is 302 g/mol. The first-order valence-corrected chi connectivity index (χ1v) is 8.29. The zero-order valence-corrected chi connectivity index (χ0v) is 14.6. The van der Waals surface area contributed by atoms with Crippen LogP contribution in [0.15, 0.2) is 50.2 Å². The van der Waals surface area contributed by atoms with E-state index in [9.17, 15) is 4.79 Å². The van der Waals surface area contributed by atoms with Gasteiger partial charge in [-0.05, 0) is 60.7 Å². The second kappa shape index (κ2) is 6.65. The molecule has 0 unspecified atom stereocenters. The zero-order valence-electron chi connectivity index (χ0n) is 14.6. The molecule has 0 bridgehead atoms. The van der Waals surface area contributed by atoms with Crippen LogP contribution in [0.2, 0.25) is 0 Å². The van der Waals surface area contributed by atoms with E-state index in [0.29, 0.717) is 18.0 Å². The van der Waals surface area contributed by atoms with Crippen molar-refractivity contribution in [3.05, 3.63) is 69.5 Å². The van der Waals surface area contributed by atoms with E-state index < -0.39 is 0 Å². The van der Waals surface area contributed by atoms with Gasteiger partial charge in [0.25, 0.3) is 0 Å². The molecule has 0 saturated carbocycles. The molecule has 0 radical (unpaired) electrons. The average Bonchev–Trinajstić information content (AvgIpc) is 3.05. The molecule has 2 heterocycles. The lowest BCUT2D eigenvalue weighted by molar-refractivity contribution is 0.430. The molecule has 1 atom stereocenters. The van der Waals surface area contributed by atoms with Crippen LogP contribution in [-0.4, -0.2) is 0 Å². The molecule has 3 aromatic rings. The molecule has 0 saturated heterocycles. The van der Waals surface area contributed by atoms with Gasteiger partial charge < -0.3 is 14.2 Å². The third-order valence-corrected chi connectivity index (χ3v) is 4.41. The predicted molar refractivity (Wildman–Crippen MR) is 95.3 cm³/mol. The molecule has 0 spiro atoms. The molecule has 126 valence electrons. The Morgan fingerprint density at radius 3 is 2.62 bits per heavy atom. The van der Waals surface area contributed by atoms with Crippen LogP contribution >= 0.6 is 0 Å². The van der Waals surface area contributed by atoms with Crippen molar-refractivity contribution in [2.75, 3.05) is 0 Å². The predicted octanol–water partition coefficient (Wildman–Crippen LogP) is 4.67. The first-order valence-electron chi connectivity index (χ1n) is 8.29. The maximum absolute atomic E-state index is 11.9. The van der Waals surface area contributed by atoms with Gasteiger partial charge in [-0.15, -0.1) is 0 Å². The molecule has 0 aliphatic heterocycles. The fourth-order valence-electron chi connectivity index (χ4n) is 3.06. The number of fused-ring (bicyclic) bond motifs is 1. The van der Waals surface area contributed by atoms with Crippen LogP contribution < -0.4 is 10.9 Å². The van der Waals surface area contributed by atoms with Gasteiger partial charge in [-0.25, -0.2) is 4.79 Å². The van der Waals surface area contributed by atoms with E-state index in [1.165, 1.54) is 5.56 Å². The van der Waals surface area contributed by atoms with E-state index in [4.69, 9.17) is 8.83 Å². The minimum atomic E-state index is -0.318. The average molecular weight is 325 g/mol. The first kappa shape index (κ1) is 16.5. The maximum atomic E-state index is 11.9. The van der Waals surface area contributed by atoms with Gasteiger partial charge in [0, 0.05) is 18.0 Å². The van der Waals surface area contributed by atoms with Gasteiger partial charge >= 0.3 is 5.63 Å². The van der Waals surface area contributed by atoms with Gasteiger partial charge in [0.1, 0.15) is 11.3 Å². The van der Waals surface area contributed by atoms with Gasteiger partial charge in [-0.1, -0.05) is 13.8 Å². The minimum absolute atomic E-state index is 0.0670. The van der Waals surface area contributed by atoms with Gasteiger partial charge in [0.2, 0.25) is 0 Å². The van der Waals surface area contributed by atoms with Crippen molar-refractivity contribution in [3.63, 3.8) is 0 Å². The summed E-state index contributed by atoms with van der Waals surface area (Å²) in [7, 11) is 0. The van der Waals surface area contributed by atoms with Crippen LogP contribution in [0.3, 0.4) is 0 Å². The molecule has 24 heavy (non-hydrogen) atoms. The summed E-state index contributed by atoms with van der Waals surface area (Å²) in [5.41, 5.74) is 3.70. The number of hydrogen-bond donors (Lipinski definition) is 1. The van der Waals surface area contributed by atoms with E-state index in [-0.39, 0.29) is 11.7 Å². The molecule has 3 rings (SSSR count). The summed E-state index contributed by atoms with van der Waals surface area (Å²) in [4.78, 5) is 11.9. The lowest BCUT2D eigenvalue weighted by Crippen LogP contribution is -2.18. The molecule has 2 aromatic heterocycles. The Kier molecular flexibility index (Phi) is 4.58. The first-order chi connectivity index (χ1) is 11.5. The Bertz CT molecular complexity index is 891. The molecular formula is C20H23NO3. The number of furan rings is 1. The molecule has 1 N–H and O–H groups in total. The second-order valence-corrected chi connectivity index (χ2v) is 6.57. The molecule has 0 aliphatic rings. The Labute approximate surface area is 141 Å². The Morgan fingerprint density at radius 2 is 1.96 bits per heavy atom. The van der Waals surface area contributed by atoms with E-state index in [1.807, 2.05) is 25.1 Å². The van der Waals surface area contributed by atoms with Crippen molar-refractivity contribution in [1.29, 1.82) is 0 Å². The third-order valence-electron chi connectivity index (χ3n) is 4.41. The standard InChI is InChI=1S/C20H23NO3/c1-12(2)16-10-17-15(9-20(22)24-19(17)8-13(16)3)11-21-14(4)18-6-5-7-23-18/h5-10,12,14,21H,11H2,1-4H3/t14-/m0/s1. The summed E-state index contributed by atoms with van der Waals surface area (Å²) in [5, 5.41) is 4.40. The third kappa shape index (κ3) is 3.29. The van der Waals surface area contributed by atoms with Gasteiger partial charge in [-0.2, -0.15) is 0 Å². The van der Waals surface area contributed by atoms with E-state index in [2.05, 4.69) is 32.2 Å². The highest BCUT2D eigenvalue weighted by atomic mass is 16.4. The van der Waals surface area contributed by atoms with Crippen molar-refractivity contribution in [2.24, 2.45) is 0 Å². The van der Waals surface area contributed by atoms with Gasteiger partial charge in [0.05, 0.1) is 12.3 Å². The largest absolute Gasteiger partial charge is 0.468 e. The summed E-state index contributed by atoms with van der Waals surface area (Å²) < 4.78 is 10.8. The van der Waals surface area contributed by atoms with E-state index in [0.717, 1.165) is 22.3 Å². The van der Waals surface area contributed by atoms with E-state index >= 15 is 0 Å². The number of benzene rings is 1. The maximum Gasteiger partial charge on any atom is 0.336 e. The van der Waals surface area contributed by atoms with Crippen molar-refractivity contribution >= 4 is 11.0 Å². The molecule has 1 aromatic carbocycles. The fraction of sp³-hybridized carbons (Fsp3) is 0.350. The summed E-state index contributed by atoms with van der Waals surface area (Å²) in [5.74, 6) is 1.30. The molecule has 0 aliphatic carbocycles. The van der Waals surface area contributed by atoms with Crippen LogP contribution in [0.25, 0.3) is 11.0 Å². The number of hydrogen-bond acceptors (Lipinski definition) is 4. The van der Waals surface area contributed by atoms with Crippen molar-refractivity contribution in [2.45, 2.75) is 46.2 Å². The smallest absolute Gasteiger partial charge is 0.336 e. The van der Waals surface area contributed by atoms with Crippen molar-refractivity contribution in [1.82, 2.24) is 5.32 Å². The Balaban J connectivity index is 1.97. The number of aryl methyl sites for hydroxylation is 1. The summed E-state index contributed by atoms with van der Waals surface area (Å²) in [6, 6.07) is 9.56. The fourth-order valence-corrected chi connectivity index (χ4v) is 3.06. The van der Waals surface area contributed by atoms with Gasteiger partial charge in [-0.3, -0.25) is 0 Å². The van der Waals surface area contributed by atoms with Crippen LogP contribution in [0.4, 0.5) is 0 Å². The highest BCUT2D eigenvalue weighted by Gasteiger charge is 2.13. The summed E-state index contributed by atoms with van der Waals surface area (Å²) in [6.45, 7) is 9.01. The number of nitrogens with one attached hydrogen (secondary N) is 1. The van der Waals surface area contributed by atoms with Crippen molar-refractivity contribution in [3.8, 4) is 0 Å². The highest BCUT2D eigenvalue weighted by molar-refractivity contribution is 5.82. The summed E-state index contributed by atoms with van der Waals surface area (Å²) >= 11 is 0. The van der Waals surface area contributed by atoms with Crippen LogP contribution in [0.1, 0.15) is 55.2 Å². The SMILES string of the molecule is Cc1cc2oc(=O)cc(CN[C@@H](C)c3ccco3)c2cc1C(C)C. The topological polar surface area (TPSA) is 55.4 Å². The number of rotatable bonds is 5. The normalized spacial score (nSPS) is 12.9. The molecule has 4 heteroatoms. The lowest BCUT2D eigenvalue weighted by atomic mass is 9.95. The quantitative estimate of drug-likeness (QED) is 0.693. The summed E-state index contributed by atoms with van der Waals surface area (Å²) in [6.07, 6.45) is 1.66. The molecule has 4 nitrogen and oxygen atoms in total. The lowest BCUT2D eigenvalue weighted by Gasteiger charge is -2.15. The molecule has 0 amide bonds. The Hall–Kier alpha value is -2.33. The van der Waals surface area contributed by atoms with Crippen molar-refractivity contribution < 1.29 is 8.83 Å². The second-order valence-electron chi connectivity index (χ2n) is 6.57.